The van der Waals surface area contributed by atoms with Gasteiger partial charge in [0.05, 0.1) is 12.1 Å². The van der Waals surface area contributed by atoms with Gasteiger partial charge in [0.25, 0.3) is 0 Å². The minimum atomic E-state index is -0.753. The molecule has 1 aromatic rings. The van der Waals surface area contributed by atoms with Gasteiger partial charge in [-0.25, -0.2) is 4.39 Å². The van der Waals surface area contributed by atoms with Crippen molar-refractivity contribution in [3.8, 4) is 0 Å². The summed E-state index contributed by atoms with van der Waals surface area (Å²) in [6, 6.07) is 5.30. The number of aliphatic hydroxyl groups excluding tert-OH is 1. The number of aliphatic hydroxyl groups is 1. The first-order valence-corrected chi connectivity index (χ1v) is 7.07. The smallest absolute Gasteiger partial charge is 0.309 e. The topological polar surface area (TPSA) is 78.4 Å². The zero-order chi connectivity index (χ0) is 15.2. The van der Waals surface area contributed by atoms with Crippen molar-refractivity contribution in [2.45, 2.75) is 44.4 Å². The molecule has 0 aliphatic heterocycles. The Morgan fingerprint density at radius 3 is 2.48 bits per heavy atom. The normalized spacial score (nSPS) is 21.6. The summed E-state index contributed by atoms with van der Waals surface area (Å²) in [5, 5.41) is 14.8. The Bertz CT molecular complexity index is 504. The predicted octanol–water partition coefficient (Wildman–Crippen LogP) is 0.862. The second-order valence-electron chi connectivity index (χ2n) is 5.24. The minimum absolute atomic E-state index is 0.153. The first-order chi connectivity index (χ1) is 10.1. The molecule has 3 N–H and O–H groups in total. The van der Waals surface area contributed by atoms with Crippen LogP contribution in [0.4, 0.5) is 4.39 Å². The van der Waals surface area contributed by atoms with Crippen molar-refractivity contribution in [3.05, 3.63) is 35.6 Å². The van der Waals surface area contributed by atoms with Gasteiger partial charge in [0, 0.05) is 6.54 Å². The highest BCUT2D eigenvalue weighted by Gasteiger charge is 2.26. The fourth-order valence-electron chi connectivity index (χ4n) is 2.38. The minimum Gasteiger partial charge on any atom is -0.391 e. The Morgan fingerprint density at radius 2 is 1.81 bits per heavy atom. The summed E-state index contributed by atoms with van der Waals surface area (Å²) in [4.78, 5) is 23.4. The number of rotatable bonds is 3. The number of carbonyl (C=O) groups excluding carboxylic acids is 2. The molecular weight excluding hydrogens is 275 g/mol. The highest BCUT2D eigenvalue weighted by Crippen LogP contribution is 2.18. The van der Waals surface area contributed by atoms with Crippen LogP contribution in [0.15, 0.2) is 24.3 Å². The predicted molar refractivity (Wildman–Crippen MR) is 74.7 cm³/mol. The van der Waals surface area contributed by atoms with E-state index >= 15 is 0 Å². The van der Waals surface area contributed by atoms with Gasteiger partial charge in [-0.3, -0.25) is 9.59 Å². The van der Waals surface area contributed by atoms with Gasteiger partial charge in [0.15, 0.2) is 0 Å². The molecule has 114 valence electrons. The van der Waals surface area contributed by atoms with Crippen LogP contribution in [-0.4, -0.2) is 29.1 Å². The highest BCUT2D eigenvalue weighted by molar-refractivity contribution is 6.35. The number of hydrogen-bond acceptors (Lipinski definition) is 3. The third-order valence-electron chi connectivity index (χ3n) is 3.62. The molecule has 1 fully saturated rings. The van der Waals surface area contributed by atoms with Crippen molar-refractivity contribution in [1.82, 2.24) is 10.6 Å². The molecule has 2 amide bonds. The summed E-state index contributed by atoms with van der Waals surface area (Å²) in [7, 11) is 0. The summed E-state index contributed by atoms with van der Waals surface area (Å²) in [6.45, 7) is 0.153. The van der Waals surface area contributed by atoms with E-state index in [1.54, 1.807) is 12.1 Å². The van der Waals surface area contributed by atoms with Crippen LogP contribution in [0.3, 0.4) is 0 Å². The van der Waals surface area contributed by atoms with Crippen LogP contribution in [0.2, 0.25) is 0 Å². The first-order valence-electron chi connectivity index (χ1n) is 7.07. The number of carbonyl (C=O) groups is 2. The van der Waals surface area contributed by atoms with E-state index in [9.17, 15) is 19.1 Å². The molecule has 0 heterocycles. The van der Waals surface area contributed by atoms with Gasteiger partial charge in [-0.1, -0.05) is 25.0 Å². The largest absolute Gasteiger partial charge is 0.391 e. The molecule has 0 aromatic heterocycles. The Balaban J connectivity index is 1.79. The summed E-state index contributed by atoms with van der Waals surface area (Å²) in [5.41, 5.74) is 0.704. The van der Waals surface area contributed by atoms with E-state index in [2.05, 4.69) is 10.6 Å². The average Bonchev–Trinajstić information content (AvgIpc) is 2.48. The second kappa shape index (κ2) is 7.17. The molecule has 2 unspecified atom stereocenters. The van der Waals surface area contributed by atoms with Crippen LogP contribution in [-0.2, 0) is 16.1 Å². The molecule has 2 rings (SSSR count). The lowest BCUT2D eigenvalue weighted by atomic mass is 9.92. The fraction of sp³-hybridized carbons (Fsp3) is 0.467. The zero-order valence-corrected chi connectivity index (χ0v) is 11.6. The van der Waals surface area contributed by atoms with Crippen LogP contribution in [0, 0.1) is 5.82 Å². The SMILES string of the molecule is O=C(NCc1ccc(F)cc1)C(=O)NC1CCCCC1O. The molecule has 21 heavy (non-hydrogen) atoms. The van der Waals surface area contributed by atoms with Crippen molar-refractivity contribution >= 4 is 11.8 Å². The molecule has 0 bridgehead atoms. The lowest BCUT2D eigenvalue weighted by Gasteiger charge is -2.27. The molecule has 1 aliphatic rings. The van der Waals surface area contributed by atoms with Crippen molar-refractivity contribution in [3.63, 3.8) is 0 Å². The maximum absolute atomic E-state index is 12.7. The Kier molecular flexibility index (Phi) is 5.27. The number of halogens is 1. The molecule has 1 saturated carbocycles. The first kappa shape index (κ1) is 15.4. The highest BCUT2D eigenvalue weighted by atomic mass is 19.1. The van der Waals surface area contributed by atoms with Gasteiger partial charge < -0.3 is 15.7 Å². The molecule has 0 radical (unpaired) electrons. The van der Waals surface area contributed by atoms with Crippen LogP contribution in [0.25, 0.3) is 0 Å². The van der Waals surface area contributed by atoms with Crippen LogP contribution in [0.5, 0.6) is 0 Å². The molecule has 2 atom stereocenters. The molecule has 0 saturated heterocycles. The molecule has 0 spiro atoms. The van der Waals surface area contributed by atoms with E-state index < -0.39 is 17.9 Å². The third kappa shape index (κ3) is 4.53. The van der Waals surface area contributed by atoms with Crippen LogP contribution >= 0.6 is 0 Å². The quantitative estimate of drug-likeness (QED) is 0.724. The van der Waals surface area contributed by atoms with E-state index in [1.807, 2.05) is 0 Å². The van der Waals surface area contributed by atoms with Crippen molar-refractivity contribution in [2.75, 3.05) is 0 Å². The number of amides is 2. The van der Waals surface area contributed by atoms with Gasteiger partial charge in [0.2, 0.25) is 0 Å². The monoisotopic (exact) mass is 294 g/mol. The maximum Gasteiger partial charge on any atom is 0.309 e. The van der Waals surface area contributed by atoms with Gasteiger partial charge in [-0.15, -0.1) is 0 Å². The van der Waals surface area contributed by atoms with E-state index in [0.717, 1.165) is 12.8 Å². The van der Waals surface area contributed by atoms with Gasteiger partial charge in [-0.2, -0.15) is 0 Å². The summed E-state index contributed by atoms with van der Waals surface area (Å²) in [6.07, 6.45) is 2.59. The van der Waals surface area contributed by atoms with Crippen LogP contribution < -0.4 is 10.6 Å². The van der Waals surface area contributed by atoms with E-state index in [0.29, 0.717) is 18.4 Å². The number of benzene rings is 1. The second-order valence-corrected chi connectivity index (χ2v) is 5.24. The Labute approximate surface area is 122 Å². The molecule has 1 aromatic carbocycles. The van der Waals surface area contributed by atoms with Crippen molar-refractivity contribution in [2.24, 2.45) is 0 Å². The van der Waals surface area contributed by atoms with Crippen LogP contribution in [0.1, 0.15) is 31.2 Å². The van der Waals surface area contributed by atoms with E-state index in [1.165, 1.54) is 12.1 Å². The third-order valence-corrected chi connectivity index (χ3v) is 3.62. The molecule has 6 heteroatoms. The lowest BCUT2D eigenvalue weighted by Crippen LogP contribution is -2.50. The van der Waals surface area contributed by atoms with Gasteiger partial charge in [-0.05, 0) is 30.5 Å². The standard InChI is InChI=1S/C15H19FN2O3/c16-11-7-5-10(6-8-11)9-17-14(20)15(21)18-12-3-1-2-4-13(12)19/h5-8,12-13,19H,1-4,9H2,(H,17,20)(H,18,21). The van der Waals surface area contributed by atoms with Gasteiger partial charge in [0.1, 0.15) is 5.82 Å². The van der Waals surface area contributed by atoms with E-state index in [-0.39, 0.29) is 18.4 Å². The Morgan fingerprint density at radius 1 is 1.14 bits per heavy atom. The van der Waals surface area contributed by atoms with Crippen molar-refractivity contribution < 1.29 is 19.1 Å². The fourth-order valence-corrected chi connectivity index (χ4v) is 2.38. The summed E-state index contributed by atoms with van der Waals surface area (Å²) in [5.74, 6) is -1.85. The molecule has 5 nitrogen and oxygen atoms in total. The maximum atomic E-state index is 12.7. The average molecular weight is 294 g/mol. The molecule has 1 aliphatic carbocycles. The van der Waals surface area contributed by atoms with Gasteiger partial charge >= 0.3 is 11.8 Å². The van der Waals surface area contributed by atoms with E-state index in [4.69, 9.17) is 0 Å². The van der Waals surface area contributed by atoms with Crippen molar-refractivity contribution in [1.29, 1.82) is 0 Å². The summed E-state index contributed by atoms with van der Waals surface area (Å²) >= 11 is 0. The number of hydrogen-bond donors (Lipinski definition) is 3. The summed E-state index contributed by atoms with van der Waals surface area (Å²) < 4.78 is 12.7. The Hall–Kier alpha value is -1.95. The number of nitrogens with one attached hydrogen (secondary N) is 2. The molecular formula is C15H19FN2O3. The lowest BCUT2D eigenvalue weighted by molar-refractivity contribution is -0.140. The zero-order valence-electron chi connectivity index (χ0n) is 11.6.